The van der Waals surface area contributed by atoms with Crippen LogP contribution in [0.25, 0.3) is 0 Å². The summed E-state index contributed by atoms with van der Waals surface area (Å²) in [6, 6.07) is 12.6. The lowest BCUT2D eigenvalue weighted by Gasteiger charge is -2.22. The van der Waals surface area contributed by atoms with Gasteiger partial charge in [-0.1, -0.05) is 65.8 Å². The van der Waals surface area contributed by atoms with Crippen molar-refractivity contribution in [3.8, 4) is 11.5 Å². The summed E-state index contributed by atoms with van der Waals surface area (Å²) in [5.74, 6) is -0.305. The monoisotopic (exact) mass is 326 g/mol. The lowest BCUT2D eigenvalue weighted by Crippen LogP contribution is -2.19. The topological polar surface area (TPSA) is 46.5 Å². The molecule has 3 nitrogen and oxygen atoms in total. The first-order valence-corrected chi connectivity index (χ1v) is 8.15. The largest absolute Gasteiger partial charge is 0.504 e. The molecule has 0 aliphatic heterocycles. The Kier molecular flexibility index (Phi) is 4.75. The van der Waals surface area contributed by atoms with E-state index in [1.165, 1.54) is 0 Å². The van der Waals surface area contributed by atoms with Crippen molar-refractivity contribution in [3.05, 3.63) is 59.2 Å². The Balaban J connectivity index is 2.32. The number of esters is 1. The van der Waals surface area contributed by atoms with Crippen LogP contribution in [0.4, 0.5) is 0 Å². The molecule has 1 N–H and O–H groups in total. The first-order valence-electron chi connectivity index (χ1n) is 8.15. The van der Waals surface area contributed by atoms with Crippen LogP contribution in [0.15, 0.2) is 42.5 Å². The maximum atomic E-state index is 12.6. The lowest BCUT2D eigenvalue weighted by atomic mass is 9.84. The van der Waals surface area contributed by atoms with Crippen LogP contribution in [0.5, 0.6) is 11.5 Å². The molecule has 0 bridgehead atoms. The van der Waals surface area contributed by atoms with Crippen molar-refractivity contribution in [3.63, 3.8) is 0 Å². The third-order valence-electron chi connectivity index (χ3n) is 3.98. The van der Waals surface area contributed by atoms with E-state index in [4.69, 9.17) is 4.74 Å². The van der Waals surface area contributed by atoms with Crippen molar-refractivity contribution in [2.24, 2.45) is 0 Å². The summed E-state index contributed by atoms with van der Waals surface area (Å²) in [6.45, 7) is 12.3. The van der Waals surface area contributed by atoms with Gasteiger partial charge < -0.3 is 9.84 Å². The zero-order valence-electron chi connectivity index (χ0n) is 15.3. The molecule has 0 saturated heterocycles. The number of phenolic OH excluding ortho intramolecular Hbond substituents is 1. The van der Waals surface area contributed by atoms with E-state index >= 15 is 0 Å². The first kappa shape index (κ1) is 18.1. The zero-order chi connectivity index (χ0) is 18.1. The van der Waals surface area contributed by atoms with Gasteiger partial charge in [-0.2, -0.15) is 0 Å². The van der Waals surface area contributed by atoms with Crippen molar-refractivity contribution in [1.82, 2.24) is 0 Å². The minimum atomic E-state index is -0.459. The first-order chi connectivity index (χ1) is 11.0. The standard InChI is InChI=1S/C21H26O3/c1-20(2,3)14-11-12-18(17(22)13-14)24-19(23)15-9-7-8-10-16(15)21(4,5)6/h7-13,22H,1-6H3. The molecule has 0 aromatic heterocycles. The van der Waals surface area contributed by atoms with Crippen LogP contribution in [0.2, 0.25) is 0 Å². The van der Waals surface area contributed by atoms with Gasteiger partial charge in [0.05, 0.1) is 5.56 Å². The molecule has 3 heteroatoms. The number of hydrogen-bond acceptors (Lipinski definition) is 3. The fourth-order valence-electron chi connectivity index (χ4n) is 2.54. The highest BCUT2D eigenvalue weighted by molar-refractivity contribution is 5.93. The van der Waals surface area contributed by atoms with Crippen molar-refractivity contribution < 1.29 is 14.6 Å². The average molecular weight is 326 g/mol. The number of carbonyl (C=O) groups is 1. The van der Waals surface area contributed by atoms with Crippen LogP contribution >= 0.6 is 0 Å². The summed E-state index contributed by atoms with van der Waals surface area (Å²) in [4.78, 5) is 12.6. The molecule has 2 aromatic carbocycles. The van der Waals surface area contributed by atoms with Gasteiger partial charge in [-0.15, -0.1) is 0 Å². The van der Waals surface area contributed by atoms with Gasteiger partial charge in [0.15, 0.2) is 11.5 Å². The number of phenols is 1. The van der Waals surface area contributed by atoms with Gasteiger partial charge in [0.1, 0.15) is 0 Å². The molecule has 0 unspecified atom stereocenters. The molecule has 0 aliphatic rings. The predicted molar refractivity (Wildman–Crippen MR) is 96.9 cm³/mol. The van der Waals surface area contributed by atoms with Crippen LogP contribution < -0.4 is 4.74 Å². The third-order valence-corrected chi connectivity index (χ3v) is 3.98. The Morgan fingerprint density at radius 1 is 0.917 bits per heavy atom. The average Bonchev–Trinajstić information content (AvgIpc) is 2.47. The molecule has 2 aromatic rings. The lowest BCUT2D eigenvalue weighted by molar-refractivity contribution is 0.0727. The molecule has 0 spiro atoms. The SMILES string of the molecule is CC(C)(C)c1ccc(OC(=O)c2ccccc2C(C)(C)C)c(O)c1. The van der Waals surface area contributed by atoms with Gasteiger partial charge in [-0.3, -0.25) is 0 Å². The summed E-state index contributed by atoms with van der Waals surface area (Å²) < 4.78 is 5.45. The Hall–Kier alpha value is -2.29. The van der Waals surface area contributed by atoms with Gasteiger partial charge in [0.25, 0.3) is 0 Å². The summed E-state index contributed by atoms with van der Waals surface area (Å²) in [5.41, 5.74) is 2.16. The van der Waals surface area contributed by atoms with Crippen LogP contribution in [0.3, 0.4) is 0 Å². The molecule has 128 valence electrons. The summed E-state index contributed by atoms with van der Waals surface area (Å²) in [6.07, 6.45) is 0. The van der Waals surface area contributed by atoms with Crippen molar-refractivity contribution >= 4 is 5.97 Å². The molecular formula is C21H26O3. The van der Waals surface area contributed by atoms with Crippen molar-refractivity contribution in [2.45, 2.75) is 52.4 Å². The number of rotatable bonds is 2. The zero-order valence-corrected chi connectivity index (χ0v) is 15.3. The molecule has 0 atom stereocenters. The van der Waals surface area contributed by atoms with Crippen LogP contribution in [-0.4, -0.2) is 11.1 Å². The van der Waals surface area contributed by atoms with Gasteiger partial charge in [-0.05, 0) is 40.2 Å². The van der Waals surface area contributed by atoms with Gasteiger partial charge in [0.2, 0.25) is 0 Å². The molecule has 0 fully saturated rings. The fraction of sp³-hybridized carbons (Fsp3) is 0.381. The quantitative estimate of drug-likeness (QED) is 0.609. The molecule has 0 amide bonds. The van der Waals surface area contributed by atoms with E-state index in [1.54, 1.807) is 18.2 Å². The summed E-state index contributed by atoms with van der Waals surface area (Å²) in [5, 5.41) is 10.2. The van der Waals surface area contributed by atoms with Crippen LogP contribution in [-0.2, 0) is 10.8 Å². The van der Waals surface area contributed by atoms with E-state index in [0.717, 1.165) is 11.1 Å². The van der Waals surface area contributed by atoms with Crippen LogP contribution in [0, 0.1) is 0 Å². The molecule has 24 heavy (non-hydrogen) atoms. The molecule has 0 heterocycles. The van der Waals surface area contributed by atoms with Gasteiger partial charge in [0, 0.05) is 0 Å². The smallest absolute Gasteiger partial charge is 0.343 e. The molecule has 0 radical (unpaired) electrons. The molecule has 0 aliphatic carbocycles. The Morgan fingerprint density at radius 3 is 2.08 bits per heavy atom. The van der Waals surface area contributed by atoms with Crippen LogP contribution in [0.1, 0.15) is 63.0 Å². The van der Waals surface area contributed by atoms with Crippen molar-refractivity contribution in [2.75, 3.05) is 0 Å². The molecule has 2 rings (SSSR count). The minimum absolute atomic E-state index is 0.0241. The maximum Gasteiger partial charge on any atom is 0.343 e. The second-order valence-corrected chi connectivity index (χ2v) is 8.12. The van der Waals surface area contributed by atoms with E-state index in [2.05, 4.69) is 41.5 Å². The number of aromatic hydroxyl groups is 1. The Labute approximate surface area is 144 Å². The van der Waals surface area contributed by atoms with Gasteiger partial charge >= 0.3 is 5.97 Å². The maximum absolute atomic E-state index is 12.6. The number of hydrogen-bond donors (Lipinski definition) is 1. The number of ether oxygens (including phenoxy) is 1. The Morgan fingerprint density at radius 2 is 1.54 bits per heavy atom. The Bertz CT molecular complexity index is 746. The fourth-order valence-corrected chi connectivity index (χ4v) is 2.54. The van der Waals surface area contributed by atoms with Gasteiger partial charge in [-0.25, -0.2) is 4.79 Å². The van der Waals surface area contributed by atoms with E-state index in [0.29, 0.717) is 5.56 Å². The third kappa shape index (κ3) is 3.97. The van der Waals surface area contributed by atoms with E-state index < -0.39 is 5.97 Å². The van der Waals surface area contributed by atoms with E-state index in [1.807, 2.05) is 24.3 Å². The summed E-state index contributed by atoms with van der Waals surface area (Å²) in [7, 11) is 0. The van der Waals surface area contributed by atoms with Crippen molar-refractivity contribution in [1.29, 1.82) is 0 Å². The normalized spacial score (nSPS) is 12.1. The van der Waals surface area contributed by atoms with E-state index in [9.17, 15) is 9.90 Å². The highest BCUT2D eigenvalue weighted by Gasteiger charge is 2.23. The second kappa shape index (κ2) is 6.31. The summed E-state index contributed by atoms with van der Waals surface area (Å²) >= 11 is 0. The highest BCUT2D eigenvalue weighted by Crippen LogP contribution is 2.33. The second-order valence-electron chi connectivity index (χ2n) is 8.12. The minimum Gasteiger partial charge on any atom is -0.504 e. The van der Waals surface area contributed by atoms with E-state index in [-0.39, 0.29) is 22.3 Å². The number of benzene rings is 2. The number of carbonyl (C=O) groups excluding carboxylic acids is 1. The molecular weight excluding hydrogens is 300 g/mol. The predicted octanol–water partition coefficient (Wildman–Crippen LogP) is 5.21. The highest BCUT2D eigenvalue weighted by atomic mass is 16.5. The molecule has 0 saturated carbocycles.